The van der Waals surface area contributed by atoms with Gasteiger partial charge < -0.3 is 4.74 Å². The van der Waals surface area contributed by atoms with Crippen molar-refractivity contribution in [2.24, 2.45) is 0 Å². The number of carbonyl (C=O) groups excluding carboxylic acids is 1. The van der Waals surface area contributed by atoms with Crippen LogP contribution in [-0.2, 0) is 28.4 Å². The van der Waals surface area contributed by atoms with Gasteiger partial charge in [-0.15, -0.1) is 11.8 Å². The molecule has 0 spiro atoms. The summed E-state index contributed by atoms with van der Waals surface area (Å²) in [6.45, 7) is 1.39. The van der Waals surface area contributed by atoms with Crippen molar-refractivity contribution in [2.45, 2.75) is 25.8 Å². The Kier molecular flexibility index (Phi) is 6.04. The molecule has 3 aromatic rings. The van der Waals surface area contributed by atoms with Crippen molar-refractivity contribution in [3.63, 3.8) is 0 Å². The second kappa shape index (κ2) is 8.91. The van der Waals surface area contributed by atoms with Crippen molar-refractivity contribution in [3.8, 4) is 0 Å². The van der Waals surface area contributed by atoms with E-state index in [9.17, 15) is 23.2 Å². The molecule has 0 saturated heterocycles. The second-order valence-electron chi connectivity index (χ2n) is 7.08. The third kappa shape index (κ3) is 4.26. The highest BCUT2D eigenvalue weighted by Crippen LogP contribution is 2.28. The number of nitrogens with zero attached hydrogens (tertiary/aromatic N) is 3. The second-order valence-corrected chi connectivity index (χ2v) is 8.09. The smallest absolute Gasteiger partial charge is 0.346 e. The van der Waals surface area contributed by atoms with Crippen molar-refractivity contribution in [3.05, 3.63) is 102 Å². The summed E-state index contributed by atoms with van der Waals surface area (Å²) in [5.74, 6) is -2.45. The molecule has 1 aromatic carbocycles. The molecule has 2 aromatic heterocycles. The molecule has 0 N–H and O–H groups in total. The molecule has 0 saturated carbocycles. The molecule has 0 radical (unpaired) electrons. The Bertz CT molecular complexity index is 1350. The molecule has 1 aliphatic heterocycles. The fraction of sp³-hybridized carbons (Fsp3) is 0.182. The van der Waals surface area contributed by atoms with Crippen LogP contribution in [0.25, 0.3) is 6.20 Å². The quantitative estimate of drug-likeness (QED) is 0.548. The van der Waals surface area contributed by atoms with Gasteiger partial charge in [-0.2, -0.15) is 0 Å². The Morgan fingerprint density at radius 2 is 1.88 bits per heavy atom. The van der Waals surface area contributed by atoms with Crippen LogP contribution in [0.15, 0.2) is 57.2 Å². The number of pyridine rings is 1. The number of rotatable bonds is 5. The summed E-state index contributed by atoms with van der Waals surface area (Å²) < 4.78 is 34.2. The van der Waals surface area contributed by atoms with E-state index in [4.69, 9.17) is 4.74 Å². The third-order valence-electron chi connectivity index (χ3n) is 4.98. The van der Waals surface area contributed by atoms with Crippen LogP contribution in [0.3, 0.4) is 0 Å². The molecule has 0 bridgehead atoms. The van der Waals surface area contributed by atoms with Gasteiger partial charge in [-0.3, -0.25) is 18.9 Å². The number of fused-ring (bicyclic) bond motifs is 1. The number of benzene rings is 1. The molecule has 0 atom stereocenters. The van der Waals surface area contributed by atoms with Crippen LogP contribution in [0.5, 0.6) is 0 Å². The number of ether oxygens (including phenoxy) is 1. The summed E-state index contributed by atoms with van der Waals surface area (Å²) in [6, 6.07) is 6.61. The summed E-state index contributed by atoms with van der Waals surface area (Å²) in [6.07, 6.45) is 4.51. The molecule has 3 heterocycles. The van der Waals surface area contributed by atoms with E-state index in [0.29, 0.717) is 11.3 Å². The number of aromatic nitrogens is 3. The maximum absolute atomic E-state index is 13.6. The molecule has 0 fully saturated rings. The lowest BCUT2D eigenvalue weighted by molar-refractivity contribution is -0.139. The van der Waals surface area contributed by atoms with E-state index < -0.39 is 28.9 Å². The van der Waals surface area contributed by atoms with Crippen LogP contribution in [0.2, 0.25) is 0 Å². The van der Waals surface area contributed by atoms with Gasteiger partial charge in [0.25, 0.3) is 5.56 Å². The maximum atomic E-state index is 13.6. The number of carbonyl (C=O) groups is 1. The van der Waals surface area contributed by atoms with Crippen molar-refractivity contribution in [1.82, 2.24) is 14.1 Å². The Hall–Kier alpha value is -3.53. The number of hydrogen-bond donors (Lipinski definition) is 0. The summed E-state index contributed by atoms with van der Waals surface area (Å²) in [7, 11) is 0. The van der Waals surface area contributed by atoms with Crippen molar-refractivity contribution >= 4 is 23.9 Å². The van der Waals surface area contributed by atoms with Crippen molar-refractivity contribution in [2.75, 3.05) is 0 Å². The van der Waals surface area contributed by atoms with Gasteiger partial charge in [0, 0.05) is 35.6 Å². The number of thioether (sulfide) groups is 1. The van der Waals surface area contributed by atoms with Crippen LogP contribution < -0.4 is 11.2 Å². The van der Waals surface area contributed by atoms with Crippen LogP contribution in [-0.4, -0.2) is 20.1 Å². The molecule has 7 nitrogen and oxygen atoms in total. The minimum absolute atomic E-state index is 0.0513. The molecule has 0 aliphatic carbocycles. The average molecular weight is 457 g/mol. The minimum atomic E-state index is -1.07. The van der Waals surface area contributed by atoms with E-state index >= 15 is 0 Å². The van der Waals surface area contributed by atoms with Gasteiger partial charge in [0.05, 0.1) is 6.54 Å². The topological polar surface area (TPSA) is 83.2 Å². The molecule has 0 amide bonds. The fourth-order valence-electron chi connectivity index (χ4n) is 3.22. The third-order valence-corrected chi connectivity index (χ3v) is 5.98. The normalized spacial score (nSPS) is 12.8. The average Bonchev–Trinajstić information content (AvgIpc) is 2.81. The zero-order valence-electron chi connectivity index (χ0n) is 16.9. The zero-order chi connectivity index (χ0) is 22.8. The fourth-order valence-corrected chi connectivity index (χ4v) is 4.23. The predicted molar refractivity (Wildman–Crippen MR) is 115 cm³/mol. The Balaban J connectivity index is 1.65. The van der Waals surface area contributed by atoms with Gasteiger partial charge in [-0.25, -0.2) is 18.4 Å². The largest absolute Gasteiger partial charge is 0.457 e. The van der Waals surface area contributed by atoms with E-state index in [0.717, 1.165) is 22.3 Å². The van der Waals surface area contributed by atoms with Crippen molar-refractivity contribution < 1.29 is 18.3 Å². The highest BCUT2D eigenvalue weighted by Gasteiger charge is 2.24. The van der Waals surface area contributed by atoms with Crippen LogP contribution >= 0.6 is 11.8 Å². The van der Waals surface area contributed by atoms with Gasteiger partial charge in [0.15, 0.2) is 11.6 Å². The van der Waals surface area contributed by atoms with E-state index in [2.05, 4.69) is 4.98 Å². The zero-order valence-corrected chi connectivity index (χ0v) is 17.7. The Morgan fingerprint density at radius 1 is 1.12 bits per heavy atom. The number of esters is 1. The van der Waals surface area contributed by atoms with Gasteiger partial charge in [-0.1, -0.05) is 6.07 Å². The van der Waals surface area contributed by atoms with Crippen molar-refractivity contribution in [1.29, 1.82) is 0 Å². The van der Waals surface area contributed by atoms with Crippen LogP contribution in [0.1, 0.15) is 22.4 Å². The Labute approximate surface area is 185 Å². The first-order chi connectivity index (χ1) is 15.3. The number of hydrogen-bond acceptors (Lipinski definition) is 6. The van der Waals surface area contributed by atoms with E-state index in [1.54, 1.807) is 31.5 Å². The molecule has 10 heteroatoms. The summed E-state index contributed by atoms with van der Waals surface area (Å²) in [5.41, 5.74) is 0.624. The van der Waals surface area contributed by atoms with Gasteiger partial charge in [0.2, 0.25) is 0 Å². The molecular weight excluding hydrogens is 440 g/mol. The molecule has 4 rings (SSSR count). The molecule has 164 valence electrons. The lowest BCUT2D eigenvalue weighted by Gasteiger charge is -2.20. The van der Waals surface area contributed by atoms with E-state index in [-0.39, 0.29) is 29.4 Å². The lowest BCUT2D eigenvalue weighted by atomic mass is 10.2. The molecule has 1 aliphatic rings. The maximum Gasteiger partial charge on any atom is 0.346 e. The van der Waals surface area contributed by atoms with Crippen LogP contribution in [0.4, 0.5) is 8.78 Å². The van der Waals surface area contributed by atoms with Gasteiger partial charge in [0.1, 0.15) is 11.5 Å². The Morgan fingerprint density at radius 3 is 2.59 bits per heavy atom. The first-order valence-electron chi connectivity index (χ1n) is 9.54. The van der Waals surface area contributed by atoms with Gasteiger partial charge in [-0.05, 0) is 42.3 Å². The molecule has 0 unspecified atom stereocenters. The highest BCUT2D eigenvalue weighted by atomic mass is 32.2. The SMILES string of the molecule is Cc1c2n(c(=O)n(Cc3ccc(F)c(F)c3)c1=O)C=C(C(=O)OCc1ccncc1)SC2. The monoisotopic (exact) mass is 457 g/mol. The summed E-state index contributed by atoms with van der Waals surface area (Å²) in [5, 5.41) is 0. The van der Waals surface area contributed by atoms with Crippen LogP contribution in [0, 0.1) is 18.6 Å². The number of halogens is 2. The van der Waals surface area contributed by atoms with Gasteiger partial charge >= 0.3 is 11.7 Å². The molecule has 32 heavy (non-hydrogen) atoms. The summed E-state index contributed by atoms with van der Waals surface area (Å²) in [4.78, 5) is 42.4. The standard InChI is InChI=1S/C22H17F2N3O4S/c1-13-18-12-32-19(21(29)31-11-14-4-6-25-7-5-14)10-26(18)22(30)27(20(13)28)9-15-2-3-16(23)17(24)8-15/h2-8,10H,9,11-12H2,1H3. The lowest BCUT2D eigenvalue weighted by Crippen LogP contribution is -2.42. The van der Waals surface area contributed by atoms with E-state index in [1.807, 2.05) is 0 Å². The summed E-state index contributed by atoms with van der Waals surface area (Å²) >= 11 is 1.17. The first-order valence-corrected chi connectivity index (χ1v) is 10.5. The molecular formula is C22H17F2N3O4S. The highest BCUT2D eigenvalue weighted by molar-refractivity contribution is 8.03. The predicted octanol–water partition coefficient (Wildman–Crippen LogP) is 2.83. The first kappa shape index (κ1) is 21.7. The van der Waals surface area contributed by atoms with E-state index in [1.165, 1.54) is 28.6 Å². The minimum Gasteiger partial charge on any atom is -0.457 e.